The van der Waals surface area contributed by atoms with Crippen molar-refractivity contribution in [1.29, 1.82) is 0 Å². The summed E-state index contributed by atoms with van der Waals surface area (Å²) in [4.78, 5) is -0.134. The molecule has 11 heteroatoms. The summed E-state index contributed by atoms with van der Waals surface area (Å²) in [5.74, 6) is -0.945. The van der Waals surface area contributed by atoms with Gasteiger partial charge in [-0.3, -0.25) is 4.18 Å². The van der Waals surface area contributed by atoms with Gasteiger partial charge < -0.3 is 10.2 Å². The van der Waals surface area contributed by atoms with E-state index >= 15 is 0 Å². The van der Waals surface area contributed by atoms with Gasteiger partial charge in [0.25, 0.3) is 10.1 Å². The van der Waals surface area contributed by atoms with Crippen LogP contribution in [0, 0.1) is 0 Å². The van der Waals surface area contributed by atoms with Crippen LogP contribution in [0.15, 0.2) is 59.5 Å². The van der Waals surface area contributed by atoms with Gasteiger partial charge in [0.05, 0.1) is 14.9 Å². The van der Waals surface area contributed by atoms with Crippen molar-refractivity contribution in [3.05, 3.63) is 85.8 Å². The summed E-state index contributed by atoms with van der Waals surface area (Å²) in [7, 11) is -4.34. The molecule has 0 radical (unpaired) electrons. The van der Waals surface area contributed by atoms with Crippen LogP contribution in [0.5, 0.6) is 11.5 Å². The van der Waals surface area contributed by atoms with Gasteiger partial charge in [-0.2, -0.15) is 8.42 Å². The molecule has 0 heterocycles. The maximum atomic E-state index is 12.8. The first-order chi connectivity index (χ1) is 13.6. The first-order valence-electron chi connectivity index (χ1n) is 7.94. The molecule has 3 aromatic carbocycles. The molecule has 0 fully saturated rings. The normalized spacial score (nSPS) is 11.4. The fourth-order valence-electron chi connectivity index (χ4n) is 2.61. The second-order valence-corrected chi connectivity index (χ2v) is 9.15. The molecule has 0 amide bonds. The molecule has 0 aliphatic heterocycles. The van der Waals surface area contributed by atoms with E-state index in [1.165, 1.54) is 48.5 Å². The number of hydrogen-bond donors (Lipinski definition) is 2. The molecular formula is C19H12Cl4NaO5S+. The first-order valence-corrected chi connectivity index (χ1v) is 10.9. The Balaban J connectivity index is 0.00000320. The third-order valence-corrected chi connectivity index (χ3v) is 6.24. The van der Waals surface area contributed by atoms with E-state index in [2.05, 4.69) is 0 Å². The smallest absolute Gasteiger partial charge is 0.506 e. The second-order valence-electron chi connectivity index (χ2n) is 5.89. The van der Waals surface area contributed by atoms with Crippen molar-refractivity contribution in [2.24, 2.45) is 0 Å². The van der Waals surface area contributed by atoms with Gasteiger partial charge in [0.2, 0.25) is 0 Å². The number of aromatic hydroxyl groups is 2. The van der Waals surface area contributed by atoms with Crippen molar-refractivity contribution in [3.8, 4) is 11.5 Å². The maximum absolute atomic E-state index is 12.8. The monoisotopic (exact) mass is 515 g/mol. The number of rotatable bonds is 5. The summed E-state index contributed by atoms with van der Waals surface area (Å²) in [6.07, 6.45) is -1.55. The van der Waals surface area contributed by atoms with Gasteiger partial charge in [0.15, 0.2) is 0 Å². The fraction of sp³-hybridized carbons (Fsp3) is 0.0526. The van der Waals surface area contributed by atoms with Crippen LogP contribution in [0.3, 0.4) is 0 Å². The molecule has 0 bridgehead atoms. The molecule has 0 saturated carbocycles. The van der Waals surface area contributed by atoms with Crippen molar-refractivity contribution in [3.63, 3.8) is 0 Å². The van der Waals surface area contributed by atoms with Crippen molar-refractivity contribution in [2.75, 3.05) is 0 Å². The predicted octanol–water partition coefficient (Wildman–Crippen LogP) is 3.21. The minimum absolute atomic E-state index is 0. The average molecular weight is 517 g/mol. The van der Waals surface area contributed by atoms with E-state index in [0.29, 0.717) is 0 Å². The van der Waals surface area contributed by atoms with E-state index in [9.17, 15) is 18.6 Å². The average Bonchev–Trinajstić information content (AvgIpc) is 2.66. The van der Waals surface area contributed by atoms with Crippen LogP contribution in [-0.4, -0.2) is 18.6 Å². The minimum atomic E-state index is -4.34. The summed E-state index contributed by atoms with van der Waals surface area (Å²) in [6.45, 7) is 0. The van der Waals surface area contributed by atoms with E-state index < -0.39 is 27.7 Å². The Morgan fingerprint density at radius 1 is 0.767 bits per heavy atom. The van der Waals surface area contributed by atoms with E-state index in [4.69, 9.17) is 50.6 Å². The Kier molecular flexibility index (Phi) is 8.78. The Labute approximate surface area is 215 Å². The van der Waals surface area contributed by atoms with Gasteiger partial charge in [-0.1, -0.05) is 64.6 Å². The third-order valence-electron chi connectivity index (χ3n) is 3.94. The molecule has 30 heavy (non-hydrogen) atoms. The van der Waals surface area contributed by atoms with Gasteiger partial charge in [0, 0.05) is 21.2 Å². The quantitative estimate of drug-likeness (QED) is 0.402. The van der Waals surface area contributed by atoms with Crippen molar-refractivity contribution < 1.29 is 52.4 Å². The molecule has 3 rings (SSSR count). The number of halogens is 4. The summed E-state index contributed by atoms with van der Waals surface area (Å²) in [5, 5.41) is 20.8. The van der Waals surface area contributed by atoms with Crippen LogP contribution in [-0.2, 0) is 14.3 Å². The van der Waals surface area contributed by atoms with Crippen LogP contribution < -0.4 is 29.6 Å². The summed E-state index contributed by atoms with van der Waals surface area (Å²) >= 11 is 24.0. The standard InChI is InChI=1S/C19H12Cl4O5S.Na/c20-10-6-13(17(24)15(22)8-10)19(14-7-11(21)9-16(23)18(14)25)28-29(26,27)12-4-2-1-3-5-12;/h1-9,19,24-25H;/q;+1. The number of hydrogen-bond acceptors (Lipinski definition) is 5. The Morgan fingerprint density at radius 3 is 1.63 bits per heavy atom. The van der Waals surface area contributed by atoms with Gasteiger partial charge >= 0.3 is 29.6 Å². The SMILES string of the molecule is O=S(=O)(OC(c1cc(Cl)cc(Cl)c1O)c1cc(Cl)cc(Cl)c1O)c1ccccc1.[Na+]. The molecule has 0 aliphatic carbocycles. The molecule has 5 nitrogen and oxygen atoms in total. The number of phenolic OH excluding ortho intramolecular Hbond substituents is 2. The number of phenols is 2. The molecule has 3 aromatic rings. The van der Waals surface area contributed by atoms with Crippen LogP contribution >= 0.6 is 46.4 Å². The van der Waals surface area contributed by atoms with Crippen molar-refractivity contribution in [2.45, 2.75) is 11.0 Å². The molecule has 0 unspecified atom stereocenters. The van der Waals surface area contributed by atoms with Crippen LogP contribution in [0.2, 0.25) is 20.1 Å². The van der Waals surface area contributed by atoms with Gasteiger partial charge in [-0.15, -0.1) is 0 Å². The zero-order valence-electron chi connectivity index (χ0n) is 15.3. The number of benzene rings is 3. The third kappa shape index (κ3) is 5.57. The summed E-state index contributed by atoms with van der Waals surface area (Å²) in [5.41, 5.74) is -0.203. The maximum Gasteiger partial charge on any atom is 1.00 e. The first kappa shape index (κ1) is 25.6. The second kappa shape index (κ2) is 10.3. The summed E-state index contributed by atoms with van der Waals surface area (Å²) in [6, 6.07) is 12.4. The summed E-state index contributed by atoms with van der Waals surface area (Å²) < 4.78 is 31.1. The van der Waals surface area contributed by atoms with Gasteiger partial charge in [-0.25, -0.2) is 0 Å². The van der Waals surface area contributed by atoms with Crippen LogP contribution in [0.1, 0.15) is 17.2 Å². The molecule has 0 saturated heterocycles. The zero-order valence-corrected chi connectivity index (χ0v) is 21.2. The molecule has 0 atom stereocenters. The Bertz CT molecular complexity index is 1120. The van der Waals surface area contributed by atoms with Crippen LogP contribution in [0.4, 0.5) is 0 Å². The largest absolute Gasteiger partial charge is 1.00 e. The van der Waals surface area contributed by atoms with Gasteiger partial charge in [0.1, 0.15) is 17.6 Å². The molecule has 0 aliphatic rings. The predicted molar refractivity (Wildman–Crippen MR) is 113 cm³/mol. The fourth-order valence-corrected chi connectivity index (χ4v) is 4.69. The van der Waals surface area contributed by atoms with Crippen molar-refractivity contribution in [1.82, 2.24) is 0 Å². The molecule has 152 valence electrons. The van der Waals surface area contributed by atoms with E-state index in [1.54, 1.807) is 6.07 Å². The van der Waals surface area contributed by atoms with E-state index in [1.807, 2.05) is 0 Å². The molecule has 0 aromatic heterocycles. The van der Waals surface area contributed by atoms with E-state index in [-0.39, 0.29) is 65.7 Å². The minimum Gasteiger partial charge on any atom is -0.506 e. The van der Waals surface area contributed by atoms with Gasteiger partial charge in [-0.05, 0) is 36.4 Å². The Morgan fingerprint density at radius 2 is 1.20 bits per heavy atom. The molecular weight excluding hydrogens is 505 g/mol. The van der Waals surface area contributed by atoms with E-state index in [0.717, 1.165) is 0 Å². The Hall–Kier alpha value is -0.670. The van der Waals surface area contributed by atoms with Crippen molar-refractivity contribution >= 4 is 56.5 Å². The molecule has 2 N–H and O–H groups in total. The van der Waals surface area contributed by atoms with Crippen LogP contribution in [0.25, 0.3) is 0 Å². The topological polar surface area (TPSA) is 83.8 Å². The zero-order chi connectivity index (χ0) is 21.3. The molecule has 0 spiro atoms.